The van der Waals surface area contributed by atoms with Crippen LogP contribution in [0.15, 0.2) is 54.6 Å². The summed E-state index contributed by atoms with van der Waals surface area (Å²) in [5, 5.41) is 10.5. The van der Waals surface area contributed by atoms with E-state index >= 15 is 0 Å². The van der Waals surface area contributed by atoms with Crippen molar-refractivity contribution < 1.29 is 46.9 Å². The molecule has 0 saturated heterocycles. The minimum Gasteiger partial charge on any atom is -0.493 e. The number of esters is 1. The normalized spacial score (nSPS) is 11.5. The van der Waals surface area contributed by atoms with Crippen LogP contribution in [0, 0.1) is 0 Å². The highest BCUT2D eigenvalue weighted by Gasteiger charge is 2.38. The van der Waals surface area contributed by atoms with Crippen molar-refractivity contribution in [2.24, 2.45) is 5.73 Å². The Morgan fingerprint density at radius 2 is 1.41 bits per heavy atom. The van der Waals surface area contributed by atoms with Crippen LogP contribution in [0.3, 0.4) is 0 Å². The van der Waals surface area contributed by atoms with Gasteiger partial charge in [-0.3, -0.25) is 9.59 Å². The highest BCUT2D eigenvalue weighted by molar-refractivity contribution is 6.40. The predicted molar refractivity (Wildman–Crippen MR) is 167 cm³/mol. The van der Waals surface area contributed by atoms with Crippen molar-refractivity contribution in [1.82, 2.24) is 5.32 Å². The number of amides is 1. The molecule has 248 valence electrons. The molecular weight excluding hydrogens is 699 g/mol. The largest absolute Gasteiger partial charge is 0.493 e. The zero-order valence-electron chi connectivity index (χ0n) is 23.9. The third-order valence-electron chi connectivity index (χ3n) is 5.96. The second kappa shape index (κ2) is 18.0. The monoisotopic (exact) mass is 724 g/mol. The number of benzene rings is 3. The fourth-order valence-electron chi connectivity index (χ4n) is 3.76. The van der Waals surface area contributed by atoms with E-state index in [4.69, 9.17) is 71.5 Å². The zero-order chi connectivity index (χ0) is 34.6. The van der Waals surface area contributed by atoms with Crippen molar-refractivity contribution in [3.8, 4) is 5.75 Å². The minimum atomic E-state index is -5.08. The third-order valence-corrected chi connectivity index (χ3v) is 7.19. The van der Waals surface area contributed by atoms with Crippen LogP contribution in [-0.2, 0) is 27.2 Å². The predicted octanol–water partition coefficient (Wildman–Crippen LogP) is 6.60. The molecule has 3 aromatic carbocycles. The average molecular weight is 726 g/mol. The van der Waals surface area contributed by atoms with Crippen molar-refractivity contribution in [3.63, 3.8) is 0 Å². The van der Waals surface area contributed by atoms with Gasteiger partial charge in [0.15, 0.2) is 5.78 Å². The van der Waals surface area contributed by atoms with Gasteiger partial charge < -0.3 is 25.6 Å². The molecule has 0 saturated carbocycles. The van der Waals surface area contributed by atoms with Crippen LogP contribution < -0.4 is 15.8 Å². The fourth-order valence-corrected chi connectivity index (χ4v) is 5.00. The highest BCUT2D eigenvalue weighted by atomic mass is 35.5. The van der Waals surface area contributed by atoms with Crippen molar-refractivity contribution in [3.05, 3.63) is 96.9 Å². The van der Waals surface area contributed by atoms with E-state index in [2.05, 4.69) is 5.32 Å². The first-order valence-corrected chi connectivity index (χ1v) is 14.7. The van der Waals surface area contributed by atoms with E-state index in [1.807, 2.05) is 0 Å². The van der Waals surface area contributed by atoms with Gasteiger partial charge in [-0.05, 0) is 48.4 Å². The van der Waals surface area contributed by atoms with Crippen molar-refractivity contribution in [2.75, 3.05) is 20.3 Å². The number of carbonyl (C=O) groups is 4. The number of hydrogen-bond donors (Lipinski definition) is 3. The molecule has 0 bridgehead atoms. The van der Waals surface area contributed by atoms with Crippen LogP contribution in [0.4, 0.5) is 13.2 Å². The summed E-state index contributed by atoms with van der Waals surface area (Å²) in [6.07, 6.45) is -4.23. The van der Waals surface area contributed by atoms with Gasteiger partial charge in [-0.15, -0.1) is 0 Å². The number of nitrogens with two attached hydrogens (primary N) is 1. The van der Waals surface area contributed by atoms with Gasteiger partial charge >= 0.3 is 18.1 Å². The first-order chi connectivity index (χ1) is 21.6. The summed E-state index contributed by atoms with van der Waals surface area (Å²) in [6, 6.07) is 13.8. The minimum absolute atomic E-state index is 0.00510. The molecular formula is C30H27Cl4F3N2O7. The van der Waals surface area contributed by atoms with Gasteiger partial charge in [-0.2, -0.15) is 13.2 Å². The second-order valence-corrected chi connectivity index (χ2v) is 11.0. The van der Waals surface area contributed by atoms with Crippen molar-refractivity contribution >= 4 is 70.0 Å². The molecule has 0 heterocycles. The second-order valence-electron chi connectivity index (χ2n) is 9.32. The molecule has 0 aliphatic rings. The molecule has 1 atom stereocenters. The number of nitrogens with one attached hydrogen (secondary N) is 1. The number of ketones is 1. The number of carbonyl (C=O) groups excluding carboxylic acids is 3. The molecule has 0 fully saturated rings. The summed E-state index contributed by atoms with van der Waals surface area (Å²) < 4.78 is 42.2. The van der Waals surface area contributed by atoms with Gasteiger partial charge in [-0.25, -0.2) is 9.59 Å². The number of methoxy groups -OCH3 is 1. The van der Waals surface area contributed by atoms with Gasteiger partial charge in [0.1, 0.15) is 11.8 Å². The molecule has 0 aliphatic carbocycles. The summed E-state index contributed by atoms with van der Waals surface area (Å²) in [5.41, 5.74) is 7.19. The molecule has 3 rings (SSSR count). The Balaban J connectivity index is 0.000000942. The van der Waals surface area contributed by atoms with Gasteiger partial charge in [0.25, 0.3) is 5.91 Å². The first-order valence-electron chi connectivity index (χ1n) is 13.1. The maximum absolute atomic E-state index is 13.0. The number of carboxylic acids is 1. The molecule has 16 heteroatoms. The fraction of sp³-hybridized carbons (Fsp3) is 0.267. The van der Waals surface area contributed by atoms with Crippen LogP contribution in [-0.4, -0.2) is 61.2 Å². The van der Waals surface area contributed by atoms with E-state index in [1.54, 1.807) is 42.5 Å². The molecule has 0 unspecified atom stereocenters. The topological polar surface area (TPSA) is 145 Å². The summed E-state index contributed by atoms with van der Waals surface area (Å²) in [4.78, 5) is 47.2. The first kappa shape index (κ1) is 38.6. The number of halogens is 7. The average Bonchev–Trinajstić information content (AvgIpc) is 2.97. The lowest BCUT2D eigenvalue weighted by Gasteiger charge is -2.18. The van der Waals surface area contributed by atoms with E-state index in [9.17, 15) is 27.6 Å². The molecule has 0 spiro atoms. The number of hydrogen-bond acceptors (Lipinski definition) is 7. The van der Waals surface area contributed by atoms with Crippen LogP contribution >= 0.6 is 46.4 Å². The number of carboxylic acid groups (broad SMARTS) is 1. The third kappa shape index (κ3) is 11.7. The van der Waals surface area contributed by atoms with Gasteiger partial charge in [0.2, 0.25) is 0 Å². The lowest BCUT2D eigenvalue weighted by Crippen LogP contribution is -2.43. The molecule has 3 aromatic rings. The number of aliphatic carboxylic acids is 1. The summed E-state index contributed by atoms with van der Waals surface area (Å²) in [7, 11) is 1.23. The van der Waals surface area contributed by atoms with E-state index in [1.165, 1.54) is 19.2 Å². The smallest absolute Gasteiger partial charge is 0.490 e. The SMILES string of the molecule is COC(=O)[C@H](Cc1ccc(CC(=O)c2c(Cl)cccc2Cl)cc1)NC(=O)c1c(Cl)cc(OCCCN)cc1Cl.O=C(O)C(F)(F)F. The van der Waals surface area contributed by atoms with Crippen LogP contribution in [0.2, 0.25) is 20.1 Å². The number of alkyl halides is 3. The summed E-state index contributed by atoms with van der Waals surface area (Å²) in [6.45, 7) is 0.842. The summed E-state index contributed by atoms with van der Waals surface area (Å²) in [5.74, 6) is -3.87. The lowest BCUT2D eigenvalue weighted by atomic mass is 9.99. The molecule has 46 heavy (non-hydrogen) atoms. The molecule has 9 nitrogen and oxygen atoms in total. The van der Waals surface area contributed by atoms with Crippen LogP contribution in [0.5, 0.6) is 5.75 Å². The highest BCUT2D eigenvalue weighted by Crippen LogP contribution is 2.31. The Labute approximate surface area is 281 Å². The maximum atomic E-state index is 13.0. The Bertz CT molecular complexity index is 1510. The van der Waals surface area contributed by atoms with Gasteiger partial charge in [0, 0.05) is 12.8 Å². The van der Waals surface area contributed by atoms with Crippen molar-refractivity contribution in [2.45, 2.75) is 31.5 Å². The standard InChI is InChI=1S/C28H26Cl4N2O5.C2HF3O2/c1-38-28(37)23(34-27(36)26-21(31)14-18(15-22(26)32)39-11-3-10-33)12-16-6-8-17(9-7-16)13-24(35)25-19(29)4-2-5-20(25)30;3-2(4,5)1(6)7/h2,4-9,14-15,23H,3,10-13,33H2,1H3,(H,34,36);(H,6,7)/t23-;/m0./s1. The van der Waals surface area contributed by atoms with Gasteiger partial charge in [-0.1, -0.05) is 76.7 Å². The van der Waals surface area contributed by atoms with E-state index in [-0.39, 0.29) is 49.8 Å². The van der Waals surface area contributed by atoms with Crippen molar-refractivity contribution in [1.29, 1.82) is 0 Å². The Hall–Kier alpha value is -3.55. The Morgan fingerprint density at radius 1 is 0.891 bits per heavy atom. The number of Topliss-reactive ketones (excluding diaryl/α,β-unsaturated/α-hetero) is 1. The van der Waals surface area contributed by atoms with Crippen LogP contribution in [0.25, 0.3) is 0 Å². The molecule has 1 amide bonds. The number of rotatable bonds is 12. The lowest BCUT2D eigenvalue weighted by molar-refractivity contribution is -0.192. The quantitative estimate of drug-likeness (QED) is 0.108. The molecule has 4 N–H and O–H groups in total. The Morgan fingerprint density at radius 3 is 1.89 bits per heavy atom. The van der Waals surface area contributed by atoms with Gasteiger partial charge in [0.05, 0.1) is 44.9 Å². The van der Waals surface area contributed by atoms with Crippen LogP contribution in [0.1, 0.15) is 38.3 Å². The van der Waals surface area contributed by atoms with E-state index in [0.29, 0.717) is 25.3 Å². The van der Waals surface area contributed by atoms with E-state index < -0.39 is 30.1 Å². The zero-order valence-corrected chi connectivity index (χ0v) is 27.0. The molecule has 0 radical (unpaired) electrons. The molecule has 0 aromatic heterocycles. The summed E-state index contributed by atoms with van der Waals surface area (Å²) >= 11 is 24.9. The Kier molecular flexibility index (Phi) is 15.1. The molecule has 0 aliphatic heterocycles. The van der Waals surface area contributed by atoms with E-state index in [0.717, 1.165) is 11.1 Å². The number of ether oxygens (including phenoxy) is 2. The maximum Gasteiger partial charge on any atom is 0.490 e.